The molecule has 4 rings (SSSR count). The first-order valence-corrected chi connectivity index (χ1v) is 10.7. The van der Waals surface area contributed by atoms with Gasteiger partial charge in [-0.05, 0) is 47.4 Å². The summed E-state index contributed by atoms with van der Waals surface area (Å²) in [4.78, 5) is 19.4. The van der Waals surface area contributed by atoms with Crippen LogP contribution < -0.4 is 5.32 Å². The zero-order valence-electron chi connectivity index (χ0n) is 18.3. The average molecular weight is 455 g/mol. The number of hydrogen-bond donors (Lipinski definition) is 1. The third kappa shape index (κ3) is 5.19. The number of nitrogens with one attached hydrogen (secondary N) is 1. The van der Waals surface area contributed by atoms with Crippen molar-refractivity contribution in [2.45, 2.75) is 45.7 Å². The highest BCUT2D eigenvalue weighted by molar-refractivity contribution is 5.94. The van der Waals surface area contributed by atoms with E-state index in [0.29, 0.717) is 24.3 Å². The van der Waals surface area contributed by atoms with Crippen molar-refractivity contribution >= 4 is 5.91 Å². The lowest BCUT2D eigenvalue weighted by atomic mass is 9.99. The number of benzene rings is 1. The normalized spacial score (nSPS) is 16.1. The molecule has 3 heterocycles. The number of aromatic nitrogens is 3. The highest BCUT2D eigenvalue weighted by Crippen LogP contribution is 2.39. The van der Waals surface area contributed by atoms with E-state index in [1.54, 1.807) is 24.5 Å². The maximum atomic E-state index is 12.9. The number of amides is 1. The van der Waals surface area contributed by atoms with Gasteiger partial charge in [0, 0.05) is 25.5 Å². The third-order valence-electron chi connectivity index (χ3n) is 5.67. The molecule has 172 valence electrons. The van der Waals surface area contributed by atoms with Gasteiger partial charge in [0.2, 0.25) is 0 Å². The number of fused-ring (bicyclic) bond motifs is 1. The molecule has 1 aliphatic heterocycles. The fraction of sp³-hybridized carbons (Fsp3) is 0.333. The first-order chi connectivity index (χ1) is 15.7. The van der Waals surface area contributed by atoms with Crippen molar-refractivity contribution in [1.82, 2.24) is 25.4 Å². The Morgan fingerprint density at radius 2 is 1.97 bits per heavy atom. The molecule has 0 aliphatic carbocycles. The number of pyridine rings is 1. The number of alkyl halides is 3. The maximum absolute atomic E-state index is 12.9. The fourth-order valence-electron chi connectivity index (χ4n) is 4.15. The Morgan fingerprint density at radius 3 is 2.61 bits per heavy atom. The lowest BCUT2D eigenvalue weighted by Crippen LogP contribution is -2.26. The van der Waals surface area contributed by atoms with Gasteiger partial charge in [0.15, 0.2) is 0 Å². The summed E-state index contributed by atoms with van der Waals surface area (Å²) < 4.78 is 38.6. The van der Waals surface area contributed by atoms with E-state index in [0.717, 1.165) is 29.0 Å². The Hall–Kier alpha value is -3.33. The molecule has 0 bridgehead atoms. The Kier molecular flexibility index (Phi) is 6.42. The fourth-order valence-corrected chi connectivity index (χ4v) is 4.15. The van der Waals surface area contributed by atoms with E-state index in [2.05, 4.69) is 39.2 Å². The van der Waals surface area contributed by atoms with Crippen LogP contribution in [0.2, 0.25) is 0 Å². The van der Waals surface area contributed by atoms with Gasteiger partial charge in [-0.25, -0.2) is 0 Å². The van der Waals surface area contributed by atoms with E-state index in [1.165, 1.54) is 12.1 Å². The van der Waals surface area contributed by atoms with Crippen molar-refractivity contribution in [2.75, 3.05) is 0 Å². The van der Waals surface area contributed by atoms with Crippen molar-refractivity contribution in [3.8, 4) is 0 Å². The molecule has 6 nitrogen and oxygen atoms in total. The topological polar surface area (TPSA) is 71.0 Å². The molecular formula is C24H24F3N5O. The largest absolute Gasteiger partial charge is 0.416 e. The quantitative estimate of drug-likeness (QED) is 0.591. The maximum Gasteiger partial charge on any atom is 0.416 e. The van der Waals surface area contributed by atoms with Gasteiger partial charge in [-0.3, -0.25) is 14.7 Å². The molecule has 0 spiro atoms. The first-order valence-electron chi connectivity index (χ1n) is 10.7. The Balaban J connectivity index is 1.48. The van der Waals surface area contributed by atoms with E-state index in [-0.39, 0.29) is 24.4 Å². The number of nitrogens with zero attached hydrogens (tertiary/aromatic N) is 4. The number of carbonyl (C=O) groups excluding carboxylic acids is 1. The molecule has 0 saturated heterocycles. The summed E-state index contributed by atoms with van der Waals surface area (Å²) in [6.07, 6.45) is -1.21. The Labute approximate surface area is 189 Å². The molecule has 2 aromatic heterocycles. The van der Waals surface area contributed by atoms with E-state index >= 15 is 0 Å². The standard InChI is InChI=1S/C24H24F3N5O/c1-15(2)22-21-18(14-32(22)13-16-5-7-19(8-6-16)24(25,26)27)10-17(11-28-21)23(33)29-12-20-4-3-9-30-31-20/h3-11,15,22H,12-14H2,1-2H3,(H,29,33). The summed E-state index contributed by atoms with van der Waals surface area (Å²) in [7, 11) is 0. The van der Waals surface area contributed by atoms with Crippen LogP contribution in [0.5, 0.6) is 0 Å². The molecule has 3 aromatic rings. The number of halogens is 3. The SMILES string of the molecule is CC(C)C1c2ncc(C(=O)NCc3cccnn3)cc2CN1Cc1ccc(C(F)(F)F)cc1. The number of carbonyl (C=O) groups is 1. The molecule has 1 unspecified atom stereocenters. The third-order valence-corrected chi connectivity index (χ3v) is 5.67. The van der Waals surface area contributed by atoms with Crippen LogP contribution in [0, 0.1) is 5.92 Å². The summed E-state index contributed by atoms with van der Waals surface area (Å²) in [5, 5.41) is 10.6. The predicted octanol–water partition coefficient (Wildman–Crippen LogP) is 4.53. The second-order valence-electron chi connectivity index (χ2n) is 8.45. The van der Waals surface area contributed by atoms with Gasteiger partial charge >= 0.3 is 6.18 Å². The van der Waals surface area contributed by atoms with Gasteiger partial charge in [0.25, 0.3) is 5.91 Å². The minimum atomic E-state index is -4.35. The lowest BCUT2D eigenvalue weighted by molar-refractivity contribution is -0.137. The monoisotopic (exact) mass is 455 g/mol. The van der Waals surface area contributed by atoms with Crippen LogP contribution in [0.4, 0.5) is 13.2 Å². The molecule has 0 fully saturated rings. The second kappa shape index (κ2) is 9.27. The smallest absolute Gasteiger partial charge is 0.346 e. The van der Waals surface area contributed by atoms with Gasteiger partial charge in [0.05, 0.1) is 35.1 Å². The summed E-state index contributed by atoms with van der Waals surface area (Å²) >= 11 is 0. The molecule has 1 aliphatic rings. The molecule has 0 radical (unpaired) electrons. The van der Waals surface area contributed by atoms with Crippen LogP contribution >= 0.6 is 0 Å². The van der Waals surface area contributed by atoms with Crippen LogP contribution in [0.3, 0.4) is 0 Å². The minimum Gasteiger partial charge on any atom is -0.346 e. The van der Waals surface area contributed by atoms with Crippen LogP contribution in [0.15, 0.2) is 54.9 Å². The second-order valence-corrected chi connectivity index (χ2v) is 8.45. The van der Waals surface area contributed by atoms with Crippen molar-refractivity contribution in [3.05, 3.63) is 88.5 Å². The molecular weight excluding hydrogens is 431 g/mol. The molecule has 1 N–H and O–H groups in total. The molecule has 33 heavy (non-hydrogen) atoms. The van der Waals surface area contributed by atoms with Crippen LogP contribution in [0.1, 0.15) is 58.3 Å². The zero-order chi connectivity index (χ0) is 23.6. The van der Waals surface area contributed by atoms with Crippen molar-refractivity contribution in [3.63, 3.8) is 0 Å². The van der Waals surface area contributed by atoms with E-state index < -0.39 is 11.7 Å². The number of rotatable bonds is 6. The van der Waals surface area contributed by atoms with E-state index in [4.69, 9.17) is 0 Å². The summed E-state index contributed by atoms with van der Waals surface area (Å²) in [5.74, 6) is -0.0113. The Morgan fingerprint density at radius 1 is 1.21 bits per heavy atom. The highest BCUT2D eigenvalue weighted by atomic mass is 19.4. The summed E-state index contributed by atoms with van der Waals surface area (Å²) in [6.45, 7) is 5.49. The first kappa shape index (κ1) is 22.8. The van der Waals surface area contributed by atoms with E-state index in [9.17, 15) is 18.0 Å². The van der Waals surface area contributed by atoms with Gasteiger partial charge in [-0.15, -0.1) is 0 Å². The van der Waals surface area contributed by atoms with Crippen LogP contribution in [-0.2, 0) is 25.8 Å². The van der Waals surface area contributed by atoms with Gasteiger partial charge < -0.3 is 5.32 Å². The van der Waals surface area contributed by atoms with Crippen molar-refractivity contribution < 1.29 is 18.0 Å². The Bertz CT molecular complexity index is 1120. The summed E-state index contributed by atoms with van der Waals surface area (Å²) in [5.41, 5.74) is 3.10. The highest BCUT2D eigenvalue weighted by Gasteiger charge is 2.35. The van der Waals surface area contributed by atoms with Crippen molar-refractivity contribution in [1.29, 1.82) is 0 Å². The molecule has 1 amide bonds. The lowest BCUT2D eigenvalue weighted by Gasteiger charge is -2.27. The molecule has 1 aromatic carbocycles. The van der Waals surface area contributed by atoms with Gasteiger partial charge in [0.1, 0.15) is 0 Å². The summed E-state index contributed by atoms with van der Waals surface area (Å²) in [6, 6.07) is 10.6. The van der Waals surface area contributed by atoms with Gasteiger partial charge in [-0.1, -0.05) is 26.0 Å². The molecule has 1 atom stereocenters. The molecule has 0 saturated carbocycles. The zero-order valence-corrected chi connectivity index (χ0v) is 18.3. The van der Waals surface area contributed by atoms with Crippen LogP contribution in [-0.4, -0.2) is 26.0 Å². The van der Waals surface area contributed by atoms with E-state index in [1.807, 2.05) is 6.07 Å². The van der Waals surface area contributed by atoms with Gasteiger partial charge in [-0.2, -0.15) is 23.4 Å². The molecule has 9 heteroatoms. The predicted molar refractivity (Wildman–Crippen MR) is 116 cm³/mol. The average Bonchev–Trinajstić information content (AvgIpc) is 3.15. The minimum absolute atomic E-state index is 0.0130. The van der Waals surface area contributed by atoms with Crippen LogP contribution in [0.25, 0.3) is 0 Å². The number of hydrogen-bond acceptors (Lipinski definition) is 5. The van der Waals surface area contributed by atoms with Crippen molar-refractivity contribution in [2.24, 2.45) is 5.92 Å².